The fraction of sp³-hybridized carbons (Fsp3) is 0.941. The molecule has 0 saturated carbocycles. The SMILES string of the molecule is CCC(=O)OC[C@@H](CC)NCCN[C@H](CC)COC(C)(C)C. The number of hydrogen-bond donors (Lipinski definition) is 2. The number of nitrogens with one attached hydrogen (secondary N) is 2. The summed E-state index contributed by atoms with van der Waals surface area (Å²) in [5.74, 6) is -0.135. The van der Waals surface area contributed by atoms with E-state index in [1.807, 2.05) is 6.92 Å². The van der Waals surface area contributed by atoms with Gasteiger partial charge in [0, 0.05) is 31.6 Å². The third-order valence-electron chi connectivity index (χ3n) is 3.43. The van der Waals surface area contributed by atoms with Crippen molar-refractivity contribution in [3.63, 3.8) is 0 Å². The lowest BCUT2D eigenvalue weighted by Gasteiger charge is -2.25. The smallest absolute Gasteiger partial charge is 0.305 e. The molecule has 0 amide bonds. The first-order valence-electron chi connectivity index (χ1n) is 8.58. The topological polar surface area (TPSA) is 59.6 Å². The number of hydrogen-bond acceptors (Lipinski definition) is 5. The summed E-state index contributed by atoms with van der Waals surface area (Å²) < 4.78 is 11.0. The van der Waals surface area contributed by atoms with Gasteiger partial charge in [0.05, 0.1) is 12.2 Å². The van der Waals surface area contributed by atoms with Crippen LogP contribution in [0.3, 0.4) is 0 Å². The Hall–Kier alpha value is -0.650. The zero-order valence-corrected chi connectivity index (χ0v) is 15.3. The van der Waals surface area contributed by atoms with Crippen molar-refractivity contribution in [2.24, 2.45) is 0 Å². The zero-order valence-electron chi connectivity index (χ0n) is 15.3. The molecule has 0 saturated heterocycles. The Morgan fingerprint density at radius 2 is 1.45 bits per heavy atom. The lowest BCUT2D eigenvalue weighted by molar-refractivity contribution is -0.144. The minimum atomic E-state index is -0.135. The monoisotopic (exact) mass is 316 g/mol. The average molecular weight is 316 g/mol. The lowest BCUT2D eigenvalue weighted by Crippen LogP contribution is -2.42. The van der Waals surface area contributed by atoms with Crippen LogP contribution >= 0.6 is 0 Å². The van der Waals surface area contributed by atoms with E-state index in [0.29, 0.717) is 19.1 Å². The van der Waals surface area contributed by atoms with Crippen molar-refractivity contribution in [3.8, 4) is 0 Å². The molecule has 2 N–H and O–H groups in total. The minimum Gasteiger partial charge on any atom is -0.464 e. The highest BCUT2D eigenvalue weighted by atomic mass is 16.5. The van der Waals surface area contributed by atoms with Gasteiger partial charge >= 0.3 is 5.97 Å². The standard InChI is InChI=1S/C17H36N2O3/c1-7-14(12-21-16(20)9-3)18-10-11-19-15(8-2)13-22-17(4,5)6/h14-15,18-19H,7-13H2,1-6H3/t14-,15-/m1/s1. The van der Waals surface area contributed by atoms with Crippen molar-refractivity contribution in [2.45, 2.75) is 78.5 Å². The van der Waals surface area contributed by atoms with E-state index < -0.39 is 0 Å². The van der Waals surface area contributed by atoms with Gasteiger partial charge < -0.3 is 20.1 Å². The van der Waals surface area contributed by atoms with Crippen molar-refractivity contribution in [1.29, 1.82) is 0 Å². The molecule has 132 valence electrons. The average Bonchev–Trinajstić information content (AvgIpc) is 2.48. The summed E-state index contributed by atoms with van der Waals surface area (Å²) in [4.78, 5) is 11.2. The Labute approximate surface area is 136 Å². The molecule has 0 bridgehead atoms. The highest BCUT2D eigenvalue weighted by Gasteiger charge is 2.14. The first-order valence-corrected chi connectivity index (χ1v) is 8.58. The van der Waals surface area contributed by atoms with E-state index in [1.165, 1.54) is 0 Å². The van der Waals surface area contributed by atoms with Crippen LogP contribution in [0.25, 0.3) is 0 Å². The molecule has 2 atom stereocenters. The summed E-state index contributed by atoms with van der Waals surface area (Å²) in [5.41, 5.74) is -0.0934. The molecule has 0 aliphatic carbocycles. The van der Waals surface area contributed by atoms with E-state index >= 15 is 0 Å². The van der Waals surface area contributed by atoms with Gasteiger partial charge in [-0.3, -0.25) is 4.79 Å². The van der Waals surface area contributed by atoms with Crippen molar-refractivity contribution in [3.05, 3.63) is 0 Å². The van der Waals surface area contributed by atoms with E-state index in [0.717, 1.165) is 32.5 Å². The number of rotatable bonds is 12. The van der Waals surface area contributed by atoms with Crippen LogP contribution in [0.4, 0.5) is 0 Å². The Balaban J connectivity index is 3.84. The number of carbonyl (C=O) groups excluding carboxylic acids is 1. The second-order valence-corrected chi connectivity index (χ2v) is 6.58. The maximum absolute atomic E-state index is 11.2. The van der Waals surface area contributed by atoms with Gasteiger partial charge in [-0.05, 0) is 33.6 Å². The largest absolute Gasteiger partial charge is 0.464 e. The highest BCUT2D eigenvalue weighted by molar-refractivity contribution is 5.68. The lowest BCUT2D eigenvalue weighted by atomic mass is 10.2. The van der Waals surface area contributed by atoms with Gasteiger partial charge in [0.25, 0.3) is 0 Å². The first-order chi connectivity index (χ1) is 10.3. The molecule has 5 nitrogen and oxygen atoms in total. The summed E-state index contributed by atoms with van der Waals surface area (Å²) >= 11 is 0. The maximum Gasteiger partial charge on any atom is 0.305 e. The Kier molecular flexibility index (Phi) is 11.5. The van der Waals surface area contributed by atoms with Crippen molar-refractivity contribution >= 4 is 5.97 Å². The van der Waals surface area contributed by atoms with E-state index in [1.54, 1.807) is 0 Å². The molecule has 0 spiro atoms. The molecular formula is C17H36N2O3. The van der Waals surface area contributed by atoms with E-state index in [2.05, 4.69) is 45.3 Å². The Bertz CT molecular complexity index is 290. The molecule has 0 aromatic heterocycles. The van der Waals surface area contributed by atoms with Crippen LogP contribution in [0.15, 0.2) is 0 Å². The predicted molar refractivity (Wildman–Crippen MR) is 91.1 cm³/mol. The third-order valence-corrected chi connectivity index (χ3v) is 3.43. The highest BCUT2D eigenvalue weighted by Crippen LogP contribution is 2.07. The second-order valence-electron chi connectivity index (χ2n) is 6.58. The van der Waals surface area contributed by atoms with Crippen LogP contribution in [0.5, 0.6) is 0 Å². The molecule has 0 rings (SSSR count). The van der Waals surface area contributed by atoms with Crippen LogP contribution in [0.1, 0.15) is 60.8 Å². The van der Waals surface area contributed by atoms with Crippen LogP contribution in [0.2, 0.25) is 0 Å². The van der Waals surface area contributed by atoms with Crippen molar-refractivity contribution in [1.82, 2.24) is 10.6 Å². The molecule has 0 aromatic rings. The van der Waals surface area contributed by atoms with Crippen LogP contribution < -0.4 is 10.6 Å². The normalized spacial score (nSPS) is 14.6. The molecule has 0 unspecified atom stereocenters. The minimum absolute atomic E-state index is 0.0934. The molecular weight excluding hydrogens is 280 g/mol. The van der Waals surface area contributed by atoms with Crippen LogP contribution in [-0.2, 0) is 14.3 Å². The van der Waals surface area contributed by atoms with Gasteiger partial charge in [-0.1, -0.05) is 20.8 Å². The Morgan fingerprint density at radius 1 is 0.955 bits per heavy atom. The Morgan fingerprint density at radius 3 is 1.86 bits per heavy atom. The molecule has 5 heteroatoms. The van der Waals surface area contributed by atoms with Gasteiger partial charge in [-0.2, -0.15) is 0 Å². The molecule has 0 aliphatic rings. The number of esters is 1. The maximum atomic E-state index is 11.2. The van der Waals surface area contributed by atoms with Crippen LogP contribution in [-0.4, -0.2) is 50.0 Å². The molecule has 0 aromatic carbocycles. The quantitative estimate of drug-likeness (QED) is 0.428. The second kappa shape index (κ2) is 11.9. The molecule has 0 heterocycles. The number of carbonyl (C=O) groups is 1. The molecule has 0 aliphatic heterocycles. The summed E-state index contributed by atoms with van der Waals surface area (Å²) in [6.45, 7) is 15.2. The van der Waals surface area contributed by atoms with Crippen molar-refractivity contribution in [2.75, 3.05) is 26.3 Å². The summed E-state index contributed by atoms with van der Waals surface area (Å²) in [7, 11) is 0. The molecule has 22 heavy (non-hydrogen) atoms. The van der Waals surface area contributed by atoms with E-state index in [9.17, 15) is 4.79 Å². The van der Waals surface area contributed by atoms with Gasteiger partial charge in [-0.25, -0.2) is 0 Å². The predicted octanol–water partition coefficient (Wildman–Crippen LogP) is 2.49. The summed E-state index contributed by atoms with van der Waals surface area (Å²) in [5, 5.41) is 6.92. The van der Waals surface area contributed by atoms with Gasteiger partial charge in [0.1, 0.15) is 6.61 Å². The third kappa shape index (κ3) is 12.0. The van der Waals surface area contributed by atoms with Gasteiger partial charge in [0.2, 0.25) is 0 Å². The van der Waals surface area contributed by atoms with Gasteiger partial charge in [0.15, 0.2) is 0 Å². The van der Waals surface area contributed by atoms with Crippen LogP contribution in [0, 0.1) is 0 Å². The van der Waals surface area contributed by atoms with Gasteiger partial charge in [-0.15, -0.1) is 0 Å². The number of ether oxygens (including phenoxy) is 2. The summed E-state index contributed by atoms with van der Waals surface area (Å²) in [6, 6.07) is 0.599. The van der Waals surface area contributed by atoms with E-state index in [4.69, 9.17) is 9.47 Å². The zero-order chi connectivity index (χ0) is 17.0. The summed E-state index contributed by atoms with van der Waals surface area (Å²) in [6.07, 6.45) is 2.42. The molecule has 0 radical (unpaired) electrons. The fourth-order valence-corrected chi connectivity index (χ4v) is 1.84. The first kappa shape index (κ1) is 21.4. The van der Waals surface area contributed by atoms with Crippen molar-refractivity contribution < 1.29 is 14.3 Å². The van der Waals surface area contributed by atoms with E-state index in [-0.39, 0.29) is 17.6 Å². The molecule has 0 fully saturated rings. The fourth-order valence-electron chi connectivity index (χ4n) is 1.84.